The maximum absolute atomic E-state index is 12.7. The van der Waals surface area contributed by atoms with Crippen molar-refractivity contribution in [2.45, 2.75) is 271 Å². The lowest BCUT2D eigenvalue weighted by atomic mass is 10.0. The molecule has 0 N–H and O–H groups in total. The predicted molar refractivity (Wildman–Crippen MR) is 233 cm³/mol. The van der Waals surface area contributed by atoms with Crippen molar-refractivity contribution in [1.82, 2.24) is 0 Å². The maximum Gasteiger partial charge on any atom is 0.306 e. The number of hydrogen-bond acceptors (Lipinski definition) is 5. The first-order valence-corrected chi connectivity index (χ1v) is 24.2. The van der Waals surface area contributed by atoms with Crippen molar-refractivity contribution >= 4 is 11.9 Å². The summed E-state index contributed by atoms with van der Waals surface area (Å²) in [4.78, 5) is 25.2. The van der Waals surface area contributed by atoms with Gasteiger partial charge >= 0.3 is 11.9 Å². The summed E-state index contributed by atoms with van der Waals surface area (Å²) in [6.45, 7) is 7.85. The molecule has 0 aliphatic heterocycles. The molecule has 5 heteroatoms. The van der Waals surface area contributed by atoms with Gasteiger partial charge in [0, 0.05) is 19.4 Å². The van der Waals surface area contributed by atoms with E-state index in [-0.39, 0.29) is 18.5 Å². The number of carbonyl (C=O) groups is 2. The van der Waals surface area contributed by atoms with Crippen molar-refractivity contribution in [3.05, 3.63) is 12.2 Å². The fourth-order valence-electron chi connectivity index (χ4n) is 7.15. The van der Waals surface area contributed by atoms with Crippen LogP contribution in [0, 0.1) is 0 Å². The van der Waals surface area contributed by atoms with Crippen LogP contribution in [0.25, 0.3) is 0 Å². The Hall–Kier alpha value is -1.36. The van der Waals surface area contributed by atoms with Crippen LogP contribution in [0.15, 0.2) is 12.2 Å². The van der Waals surface area contributed by atoms with E-state index >= 15 is 0 Å². The number of allylic oxidation sites excluding steroid dienone is 2. The van der Waals surface area contributed by atoms with Crippen LogP contribution >= 0.6 is 0 Å². The minimum absolute atomic E-state index is 0.0896. The molecule has 54 heavy (non-hydrogen) atoms. The van der Waals surface area contributed by atoms with E-state index in [1.54, 1.807) is 0 Å². The smallest absolute Gasteiger partial charge is 0.306 e. The fourth-order valence-corrected chi connectivity index (χ4v) is 7.15. The summed E-state index contributed by atoms with van der Waals surface area (Å²) >= 11 is 0. The largest absolute Gasteiger partial charge is 0.462 e. The zero-order valence-electron chi connectivity index (χ0n) is 36.8. The first-order chi connectivity index (χ1) is 26.6. The van der Waals surface area contributed by atoms with E-state index in [0.717, 1.165) is 44.9 Å². The van der Waals surface area contributed by atoms with E-state index in [4.69, 9.17) is 14.2 Å². The van der Waals surface area contributed by atoms with Gasteiger partial charge in [-0.2, -0.15) is 0 Å². The van der Waals surface area contributed by atoms with Gasteiger partial charge in [-0.3, -0.25) is 9.59 Å². The Kier molecular flexibility index (Phi) is 44.9. The molecule has 1 atom stereocenters. The summed E-state index contributed by atoms with van der Waals surface area (Å²) in [7, 11) is 0. The highest BCUT2D eigenvalue weighted by Gasteiger charge is 2.17. The number of hydrogen-bond donors (Lipinski definition) is 0. The third kappa shape index (κ3) is 43.4. The molecule has 0 aromatic heterocycles. The molecular formula is C49H94O5. The van der Waals surface area contributed by atoms with Gasteiger partial charge in [0.25, 0.3) is 0 Å². The third-order valence-electron chi connectivity index (χ3n) is 10.8. The van der Waals surface area contributed by atoms with Crippen LogP contribution in [0.3, 0.4) is 0 Å². The van der Waals surface area contributed by atoms with Crippen LogP contribution in [-0.2, 0) is 23.8 Å². The zero-order valence-corrected chi connectivity index (χ0v) is 36.8. The summed E-state index contributed by atoms with van der Waals surface area (Å²) in [5, 5.41) is 0. The second-order valence-corrected chi connectivity index (χ2v) is 16.4. The number of rotatable bonds is 45. The van der Waals surface area contributed by atoms with E-state index in [1.807, 2.05) is 0 Å². The molecule has 0 aromatic carbocycles. The van der Waals surface area contributed by atoms with Gasteiger partial charge in [0.05, 0.1) is 6.61 Å². The highest BCUT2D eigenvalue weighted by atomic mass is 16.6. The molecule has 0 aliphatic carbocycles. The standard InChI is InChI=1S/C49H94O5/c1-4-7-10-13-16-19-22-24-26-29-32-35-38-41-44-52-45-47(54-49(51)43-40-37-34-31-27-21-18-15-12-9-6-3)46-53-48(50)42-39-36-33-30-28-25-23-20-17-14-11-8-5-2/h20,23,47H,4-19,21-22,24-46H2,1-3H3/b23-20-. The number of unbranched alkanes of at least 4 members (excludes halogenated alkanes) is 32. The molecule has 0 amide bonds. The van der Waals surface area contributed by atoms with Gasteiger partial charge < -0.3 is 14.2 Å². The summed E-state index contributed by atoms with van der Waals surface area (Å²) in [6.07, 6.45) is 50.6. The van der Waals surface area contributed by atoms with Gasteiger partial charge in [-0.1, -0.05) is 219 Å². The monoisotopic (exact) mass is 763 g/mol. The van der Waals surface area contributed by atoms with Crippen LogP contribution in [0.5, 0.6) is 0 Å². The molecule has 0 saturated heterocycles. The lowest BCUT2D eigenvalue weighted by Gasteiger charge is -2.18. The number of ether oxygens (including phenoxy) is 3. The molecule has 0 spiro atoms. The molecular weight excluding hydrogens is 669 g/mol. The van der Waals surface area contributed by atoms with Gasteiger partial charge in [0.1, 0.15) is 6.61 Å². The Bertz CT molecular complexity index is 780. The van der Waals surface area contributed by atoms with Crippen LogP contribution in [-0.4, -0.2) is 37.9 Å². The Morgan fingerprint density at radius 2 is 0.722 bits per heavy atom. The first-order valence-electron chi connectivity index (χ1n) is 24.2. The average molecular weight is 763 g/mol. The van der Waals surface area contributed by atoms with Gasteiger partial charge in [0.15, 0.2) is 6.10 Å². The van der Waals surface area contributed by atoms with Crippen molar-refractivity contribution in [1.29, 1.82) is 0 Å². The summed E-state index contributed by atoms with van der Waals surface area (Å²) in [6, 6.07) is 0. The van der Waals surface area contributed by atoms with E-state index in [2.05, 4.69) is 32.9 Å². The molecule has 0 rings (SSSR count). The molecule has 0 aromatic rings. The van der Waals surface area contributed by atoms with Crippen molar-refractivity contribution in [2.75, 3.05) is 19.8 Å². The van der Waals surface area contributed by atoms with Gasteiger partial charge in [-0.05, 0) is 44.9 Å². The summed E-state index contributed by atoms with van der Waals surface area (Å²) < 4.78 is 17.3. The lowest BCUT2D eigenvalue weighted by Crippen LogP contribution is -2.30. The van der Waals surface area contributed by atoms with Crippen molar-refractivity contribution in [3.63, 3.8) is 0 Å². The highest BCUT2D eigenvalue weighted by molar-refractivity contribution is 5.70. The van der Waals surface area contributed by atoms with Crippen molar-refractivity contribution in [3.8, 4) is 0 Å². The summed E-state index contributed by atoms with van der Waals surface area (Å²) in [5.41, 5.74) is 0. The summed E-state index contributed by atoms with van der Waals surface area (Å²) in [5.74, 6) is -0.391. The number of esters is 2. The van der Waals surface area contributed by atoms with E-state index in [0.29, 0.717) is 26.1 Å². The predicted octanol–water partition coefficient (Wildman–Crippen LogP) is 15.9. The molecule has 0 bridgehead atoms. The average Bonchev–Trinajstić information content (AvgIpc) is 3.17. The van der Waals surface area contributed by atoms with Crippen LogP contribution in [0.4, 0.5) is 0 Å². The minimum Gasteiger partial charge on any atom is -0.462 e. The lowest BCUT2D eigenvalue weighted by molar-refractivity contribution is -0.163. The minimum atomic E-state index is -0.527. The molecule has 0 aliphatic rings. The quantitative estimate of drug-likeness (QED) is 0.0351. The zero-order chi connectivity index (χ0) is 39.3. The molecule has 0 saturated carbocycles. The Morgan fingerprint density at radius 3 is 1.15 bits per heavy atom. The Morgan fingerprint density at radius 1 is 0.389 bits per heavy atom. The molecule has 0 radical (unpaired) electrons. The number of carbonyl (C=O) groups excluding carboxylic acids is 2. The second kappa shape index (κ2) is 46.0. The molecule has 1 unspecified atom stereocenters. The van der Waals surface area contributed by atoms with E-state index < -0.39 is 6.10 Å². The molecule has 0 heterocycles. The third-order valence-corrected chi connectivity index (χ3v) is 10.8. The molecule has 5 nitrogen and oxygen atoms in total. The van der Waals surface area contributed by atoms with Crippen LogP contribution < -0.4 is 0 Å². The highest BCUT2D eigenvalue weighted by Crippen LogP contribution is 2.15. The Balaban J connectivity index is 4.21. The normalized spacial score (nSPS) is 12.1. The van der Waals surface area contributed by atoms with Crippen molar-refractivity contribution in [2.24, 2.45) is 0 Å². The maximum atomic E-state index is 12.7. The fraction of sp³-hybridized carbons (Fsp3) is 0.918. The van der Waals surface area contributed by atoms with E-state index in [1.165, 1.54) is 186 Å². The van der Waals surface area contributed by atoms with E-state index in [9.17, 15) is 9.59 Å². The van der Waals surface area contributed by atoms with Gasteiger partial charge in [-0.25, -0.2) is 0 Å². The van der Waals surface area contributed by atoms with Gasteiger partial charge in [0.2, 0.25) is 0 Å². The first kappa shape index (κ1) is 52.6. The second-order valence-electron chi connectivity index (χ2n) is 16.4. The molecule has 0 fully saturated rings. The van der Waals surface area contributed by atoms with Crippen LogP contribution in [0.2, 0.25) is 0 Å². The van der Waals surface area contributed by atoms with Gasteiger partial charge in [-0.15, -0.1) is 0 Å². The molecule has 320 valence electrons. The topological polar surface area (TPSA) is 61.8 Å². The van der Waals surface area contributed by atoms with Crippen LogP contribution in [0.1, 0.15) is 265 Å². The van der Waals surface area contributed by atoms with Crippen molar-refractivity contribution < 1.29 is 23.8 Å². The SMILES string of the molecule is CCCCCC/C=C\CCCCCCCC(=O)OCC(COCCCCCCCCCCCCCCCC)OC(=O)CCCCCCCCCCCCC. The Labute approximate surface area is 337 Å².